The summed E-state index contributed by atoms with van der Waals surface area (Å²) in [6, 6.07) is 11.8. The van der Waals surface area contributed by atoms with Crippen LogP contribution in [0.25, 0.3) is 0 Å². The molecular formula is C26H36N2O5S. The largest absolute Gasteiger partial charge is 0.464 e. The van der Waals surface area contributed by atoms with Gasteiger partial charge in [0.25, 0.3) is 0 Å². The second-order valence-corrected chi connectivity index (χ2v) is 9.74. The Hall–Kier alpha value is -2.42. The summed E-state index contributed by atoms with van der Waals surface area (Å²) >= 11 is 1.46. The summed E-state index contributed by atoms with van der Waals surface area (Å²) in [4.78, 5) is 29.1. The van der Waals surface area contributed by atoms with Gasteiger partial charge >= 0.3 is 12.1 Å². The van der Waals surface area contributed by atoms with Gasteiger partial charge in [-0.25, -0.2) is 9.59 Å². The van der Waals surface area contributed by atoms with Crippen LogP contribution in [-0.4, -0.2) is 54.4 Å². The number of carbonyl (C=O) groups excluding carboxylic acids is 2. The number of rotatable bonds is 11. The molecule has 3 rings (SSSR count). The molecule has 7 nitrogen and oxygen atoms in total. The average molecular weight is 489 g/mol. The van der Waals surface area contributed by atoms with E-state index < -0.39 is 24.2 Å². The molecule has 1 fully saturated rings. The minimum absolute atomic E-state index is 0.0679. The Kier molecular flexibility index (Phi) is 10.9. The first-order valence-electron chi connectivity index (χ1n) is 12.2. The number of thiophene rings is 1. The Morgan fingerprint density at radius 3 is 2.50 bits per heavy atom. The first-order valence-corrected chi connectivity index (χ1v) is 13.0. The van der Waals surface area contributed by atoms with Crippen LogP contribution in [0.2, 0.25) is 0 Å². The van der Waals surface area contributed by atoms with Crippen molar-refractivity contribution in [3.8, 4) is 0 Å². The normalized spacial score (nSPS) is 16.3. The van der Waals surface area contributed by atoms with Gasteiger partial charge in [0.05, 0.1) is 6.61 Å². The maximum Gasteiger partial charge on any atom is 0.408 e. The number of carbonyl (C=O) groups is 2. The molecule has 0 saturated carbocycles. The van der Waals surface area contributed by atoms with E-state index in [-0.39, 0.29) is 13.2 Å². The molecule has 34 heavy (non-hydrogen) atoms. The first-order chi connectivity index (χ1) is 16.6. The van der Waals surface area contributed by atoms with Gasteiger partial charge in [0.1, 0.15) is 12.7 Å². The van der Waals surface area contributed by atoms with Gasteiger partial charge in [-0.1, -0.05) is 43.2 Å². The van der Waals surface area contributed by atoms with Crippen LogP contribution in [0.15, 0.2) is 42.5 Å². The van der Waals surface area contributed by atoms with Crippen LogP contribution in [0.5, 0.6) is 0 Å². The molecule has 1 amide bonds. The number of aliphatic hydroxyl groups excluding tert-OH is 1. The minimum atomic E-state index is -1.24. The van der Waals surface area contributed by atoms with Crippen LogP contribution in [0.1, 0.15) is 60.4 Å². The fourth-order valence-corrected chi connectivity index (χ4v) is 5.16. The maximum atomic E-state index is 12.5. The second-order valence-electron chi connectivity index (χ2n) is 8.54. The number of ether oxygens (including phenoxy) is 2. The molecular weight excluding hydrogens is 452 g/mol. The molecule has 1 aromatic heterocycles. The lowest BCUT2D eigenvalue weighted by Gasteiger charge is -2.21. The fraction of sp³-hybridized carbons (Fsp3) is 0.538. The summed E-state index contributed by atoms with van der Waals surface area (Å²) in [6.07, 6.45) is 5.21. The van der Waals surface area contributed by atoms with E-state index in [1.54, 1.807) is 6.92 Å². The number of hydrogen-bond acceptors (Lipinski definition) is 7. The van der Waals surface area contributed by atoms with Gasteiger partial charge in [-0.2, -0.15) is 0 Å². The van der Waals surface area contributed by atoms with Crippen LogP contribution in [0, 0.1) is 0 Å². The Labute approximate surface area is 206 Å². The van der Waals surface area contributed by atoms with E-state index in [1.165, 1.54) is 50.1 Å². The Balaban J connectivity index is 1.54. The molecule has 1 aliphatic heterocycles. The van der Waals surface area contributed by atoms with Crippen LogP contribution >= 0.6 is 11.3 Å². The Morgan fingerprint density at radius 1 is 1.06 bits per heavy atom. The highest BCUT2D eigenvalue weighted by molar-refractivity contribution is 7.12. The summed E-state index contributed by atoms with van der Waals surface area (Å²) in [7, 11) is 0. The van der Waals surface area contributed by atoms with Gasteiger partial charge < -0.3 is 24.8 Å². The number of esters is 1. The predicted molar refractivity (Wildman–Crippen MR) is 133 cm³/mol. The van der Waals surface area contributed by atoms with Crippen molar-refractivity contribution in [1.29, 1.82) is 0 Å². The molecule has 1 aromatic carbocycles. The molecule has 2 unspecified atom stereocenters. The van der Waals surface area contributed by atoms with Gasteiger partial charge in [0.15, 0.2) is 6.04 Å². The number of amides is 1. The van der Waals surface area contributed by atoms with Crippen molar-refractivity contribution in [2.75, 3.05) is 26.2 Å². The SMILES string of the molecule is CCOC(=O)C(NC(=O)OCc1ccccc1)C(O)c1ccc(CCCN2CCCCCC2)s1. The van der Waals surface area contributed by atoms with E-state index >= 15 is 0 Å². The lowest BCUT2D eigenvalue weighted by Crippen LogP contribution is -2.46. The maximum absolute atomic E-state index is 12.5. The molecule has 2 N–H and O–H groups in total. The van der Waals surface area contributed by atoms with Gasteiger partial charge in [0.2, 0.25) is 0 Å². The fourth-order valence-electron chi connectivity index (χ4n) is 4.08. The van der Waals surface area contributed by atoms with E-state index in [4.69, 9.17) is 9.47 Å². The number of aryl methyl sites for hydroxylation is 1. The molecule has 0 bridgehead atoms. The third-order valence-corrected chi connectivity index (χ3v) is 7.13. The monoisotopic (exact) mass is 488 g/mol. The highest BCUT2D eigenvalue weighted by atomic mass is 32.1. The van der Waals surface area contributed by atoms with Crippen LogP contribution in [-0.2, 0) is 27.3 Å². The summed E-state index contributed by atoms with van der Waals surface area (Å²) in [5, 5.41) is 13.4. The number of aliphatic hydroxyl groups is 1. The molecule has 8 heteroatoms. The van der Waals surface area contributed by atoms with Crippen molar-refractivity contribution < 1.29 is 24.2 Å². The quantitative estimate of drug-likeness (QED) is 0.455. The summed E-state index contributed by atoms with van der Waals surface area (Å²) in [6.45, 7) is 5.34. The molecule has 2 atom stereocenters. The van der Waals surface area contributed by atoms with E-state index in [9.17, 15) is 14.7 Å². The van der Waals surface area contributed by atoms with Gasteiger partial charge in [-0.15, -0.1) is 11.3 Å². The first kappa shape index (κ1) is 26.2. The zero-order valence-electron chi connectivity index (χ0n) is 19.9. The zero-order chi connectivity index (χ0) is 24.2. The van der Waals surface area contributed by atoms with Crippen molar-refractivity contribution in [2.45, 2.75) is 64.2 Å². The zero-order valence-corrected chi connectivity index (χ0v) is 20.7. The molecule has 0 radical (unpaired) electrons. The molecule has 1 saturated heterocycles. The summed E-state index contributed by atoms with van der Waals surface area (Å²) < 4.78 is 10.3. The van der Waals surface area contributed by atoms with Gasteiger partial charge in [0, 0.05) is 9.75 Å². The number of hydrogen-bond donors (Lipinski definition) is 2. The number of likely N-dealkylation sites (tertiary alicyclic amines) is 1. The van der Waals surface area contributed by atoms with E-state index in [0.29, 0.717) is 4.88 Å². The van der Waals surface area contributed by atoms with Crippen LogP contribution in [0.4, 0.5) is 4.79 Å². The highest BCUT2D eigenvalue weighted by Crippen LogP contribution is 2.27. The van der Waals surface area contributed by atoms with Crippen LogP contribution in [0.3, 0.4) is 0 Å². The lowest BCUT2D eigenvalue weighted by molar-refractivity contribution is -0.148. The van der Waals surface area contributed by atoms with E-state index in [0.717, 1.165) is 29.8 Å². The van der Waals surface area contributed by atoms with Crippen LogP contribution < -0.4 is 5.32 Å². The molecule has 186 valence electrons. The van der Waals surface area contributed by atoms with Gasteiger partial charge in [-0.05, 0) is 69.9 Å². The standard InChI is InChI=1S/C26H36N2O5S/c1-2-32-25(30)23(27-26(31)33-19-20-11-6-5-7-12-20)24(29)22-15-14-21(34-22)13-10-18-28-16-8-3-4-9-17-28/h5-7,11-12,14-15,23-24,29H,2-4,8-10,13,16-19H2,1H3,(H,27,31). The van der Waals surface area contributed by atoms with E-state index in [1.807, 2.05) is 42.5 Å². The molecule has 2 heterocycles. The lowest BCUT2D eigenvalue weighted by atomic mass is 10.1. The molecule has 2 aromatic rings. The smallest absolute Gasteiger partial charge is 0.408 e. The highest BCUT2D eigenvalue weighted by Gasteiger charge is 2.32. The Bertz CT molecular complexity index is 880. The van der Waals surface area contributed by atoms with E-state index in [2.05, 4.69) is 10.2 Å². The predicted octanol–water partition coefficient (Wildman–Crippen LogP) is 4.45. The number of benzene rings is 1. The summed E-state index contributed by atoms with van der Waals surface area (Å²) in [5.41, 5.74) is 0.828. The average Bonchev–Trinajstić information content (AvgIpc) is 3.17. The topological polar surface area (TPSA) is 88.1 Å². The molecule has 0 aliphatic carbocycles. The minimum Gasteiger partial charge on any atom is -0.464 e. The number of nitrogens with one attached hydrogen (secondary N) is 1. The summed E-state index contributed by atoms with van der Waals surface area (Å²) in [5.74, 6) is -0.692. The third kappa shape index (κ3) is 8.42. The van der Waals surface area contributed by atoms with Crippen molar-refractivity contribution in [3.63, 3.8) is 0 Å². The molecule has 0 spiro atoms. The third-order valence-electron chi connectivity index (χ3n) is 5.91. The second kappa shape index (κ2) is 14.1. The van der Waals surface area contributed by atoms with Crippen molar-refractivity contribution in [1.82, 2.24) is 10.2 Å². The van der Waals surface area contributed by atoms with Crippen molar-refractivity contribution >= 4 is 23.4 Å². The molecule has 1 aliphatic rings. The van der Waals surface area contributed by atoms with Crippen molar-refractivity contribution in [2.24, 2.45) is 0 Å². The Morgan fingerprint density at radius 2 is 1.79 bits per heavy atom. The number of alkyl carbamates (subject to hydrolysis) is 1. The van der Waals surface area contributed by atoms with Gasteiger partial charge in [-0.3, -0.25) is 0 Å². The number of nitrogens with zero attached hydrogens (tertiary/aromatic N) is 1. The van der Waals surface area contributed by atoms with Crippen molar-refractivity contribution in [3.05, 3.63) is 57.8 Å².